The van der Waals surface area contributed by atoms with E-state index < -0.39 is 0 Å². The smallest absolute Gasteiger partial charge is 0.292 e. The number of carbonyl (C=O) groups excluding carboxylic acids is 1. The Balaban J connectivity index is 1.79. The second-order valence-electron chi connectivity index (χ2n) is 6.77. The summed E-state index contributed by atoms with van der Waals surface area (Å²) in [5, 5.41) is 2.82. The van der Waals surface area contributed by atoms with Crippen molar-refractivity contribution < 1.29 is 19.0 Å². The third kappa shape index (κ3) is 5.81. The van der Waals surface area contributed by atoms with Gasteiger partial charge in [0, 0.05) is 12.2 Å². The molecule has 0 heterocycles. The summed E-state index contributed by atoms with van der Waals surface area (Å²) in [4.78, 5) is 17.5. The van der Waals surface area contributed by atoms with E-state index in [2.05, 4.69) is 23.5 Å². The summed E-state index contributed by atoms with van der Waals surface area (Å²) in [5.74, 6) is 0.331. The first-order valence-corrected chi connectivity index (χ1v) is 10.0. The Bertz CT molecular complexity index is 850. The second kappa shape index (κ2) is 10.6. The van der Waals surface area contributed by atoms with E-state index in [-0.39, 0.29) is 18.0 Å². The molecule has 1 amide bonds. The molecule has 0 bridgehead atoms. The molecule has 1 aliphatic rings. The molecule has 6 heteroatoms. The predicted octanol–water partition coefficient (Wildman–Crippen LogP) is 3.91. The van der Waals surface area contributed by atoms with Gasteiger partial charge in [0.05, 0.1) is 19.8 Å². The van der Waals surface area contributed by atoms with Crippen LogP contribution in [0.4, 0.5) is 0 Å². The number of hydrogen-bond acceptors (Lipinski definition) is 5. The summed E-state index contributed by atoms with van der Waals surface area (Å²) < 4.78 is 16.3. The Morgan fingerprint density at radius 3 is 2.86 bits per heavy atom. The maximum absolute atomic E-state index is 12.7. The number of carbonyl (C=O) groups is 1. The number of aryl methyl sites for hydroxylation is 1. The third-order valence-electron chi connectivity index (χ3n) is 4.83. The average Bonchev–Trinajstić information content (AvgIpc) is 2.77. The summed E-state index contributed by atoms with van der Waals surface area (Å²) in [6.45, 7) is 3.30. The molecule has 1 atom stereocenters. The van der Waals surface area contributed by atoms with Crippen LogP contribution in [0.3, 0.4) is 0 Å². The Morgan fingerprint density at radius 2 is 2.03 bits per heavy atom. The molecule has 2 aromatic rings. The SMILES string of the molecule is CCOCCOC(=NC1CCCc2ccccc21)NC(=O)c1cccc(OC)c1. The van der Waals surface area contributed by atoms with Gasteiger partial charge in [-0.05, 0) is 55.5 Å². The first kappa shape index (κ1) is 20.9. The normalized spacial score (nSPS) is 16.1. The molecule has 3 rings (SSSR count). The van der Waals surface area contributed by atoms with Gasteiger partial charge in [0.1, 0.15) is 12.4 Å². The van der Waals surface area contributed by atoms with Crippen molar-refractivity contribution in [1.82, 2.24) is 5.32 Å². The van der Waals surface area contributed by atoms with Crippen molar-refractivity contribution in [2.75, 3.05) is 26.9 Å². The maximum Gasteiger partial charge on any atom is 0.292 e. The fraction of sp³-hybridized carbons (Fsp3) is 0.391. The number of rotatable bonds is 7. The number of benzene rings is 2. The lowest BCUT2D eigenvalue weighted by Crippen LogP contribution is -2.34. The number of aliphatic imine (C=N–C) groups is 1. The fourth-order valence-electron chi connectivity index (χ4n) is 3.38. The van der Waals surface area contributed by atoms with Gasteiger partial charge in [-0.15, -0.1) is 0 Å². The van der Waals surface area contributed by atoms with E-state index >= 15 is 0 Å². The first-order chi connectivity index (χ1) is 14.2. The Labute approximate surface area is 171 Å². The standard InChI is InChI=1S/C23H28N2O4/c1-3-28-14-15-29-23(25-22(26)18-10-6-11-19(16-18)27-2)24-21-13-7-9-17-8-4-5-12-20(17)21/h4-6,8,10-12,16,21H,3,7,9,13-15H2,1-2H3,(H,24,25,26). The quantitative estimate of drug-likeness (QED) is 0.438. The number of nitrogens with one attached hydrogen (secondary N) is 1. The van der Waals surface area contributed by atoms with Gasteiger partial charge in [-0.2, -0.15) is 0 Å². The lowest BCUT2D eigenvalue weighted by Gasteiger charge is -2.23. The van der Waals surface area contributed by atoms with Crippen molar-refractivity contribution >= 4 is 11.9 Å². The average molecular weight is 396 g/mol. The van der Waals surface area contributed by atoms with E-state index in [1.807, 2.05) is 13.0 Å². The number of amides is 1. The molecule has 0 fully saturated rings. The van der Waals surface area contributed by atoms with Crippen molar-refractivity contribution in [1.29, 1.82) is 0 Å². The van der Waals surface area contributed by atoms with Crippen LogP contribution in [0.25, 0.3) is 0 Å². The molecule has 29 heavy (non-hydrogen) atoms. The monoisotopic (exact) mass is 396 g/mol. The van der Waals surface area contributed by atoms with Crippen LogP contribution < -0.4 is 10.1 Å². The van der Waals surface area contributed by atoms with Crippen LogP contribution in [0.2, 0.25) is 0 Å². The van der Waals surface area contributed by atoms with Crippen LogP contribution in [0.1, 0.15) is 47.3 Å². The van der Waals surface area contributed by atoms with Crippen LogP contribution in [0.5, 0.6) is 5.75 Å². The van der Waals surface area contributed by atoms with Gasteiger partial charge in [-0.25, -0.2) is 4.99 Å². The minimum absolute atomic E-state index is 0.0346. The van der Waals surface area contributed by atoms with E-state index in [9.17, 15) is 4.79 Å². The van der Waals surface area contributed by atoms with Crippen LogP contribution in [0, 0.1) is 0 Å². The van der Waals surface area contributed by atoms with Crippen molar-refractivity contribution in [3.05, 3.63) is 65.2 Å². The summed E-state index contributed by atoms with van der Waals surface area (Å²) in [5.41, 5.74) is 2.98. The number of nitrogens with zero attached hydrogens (tertiary/aromatic N) is 1. The lowest BCUT2D eigenvalue weighted by molar-refractivity contribution is 0.0920. The third-order valence-corrected chi connectivity index (χ3v) is 4.83. The largest absolute Gasteiger partial charge is 0.497 e. The number of amidine groups is 1. The molecule has 0 aromatic heterocycles. The lowest BCUT2D eigenvalue weighted by atomic mass is 9.88. The fourth-order valence-corrected chi connectivity index (χ4v) is 3.38. The molecule has 1 aliphatic carbocycles. The molecule has 154 valence electrons. The van der Waals surface area contributed by atoms with Crippen molar-refractivity contribution in [2.45, 2.75) is 32.2 Å². The van der Waals surface area contributed by atoms with E-state index in [0.29, 0.717) is 31.1 Å². The molecule has 6 nitrogen and oxygen atoms in total. The van der Waals surface area contributed by atoms with Gasteiger partial charge in [-0.1, -0.05) is 30.3 Å². The van der Waals surface area contributed by atoms with E-state index in [1.165, 1.54) is 11.1 Å². The number of ether oxygens (including phenoxy) is 3. The van der Waals surface area contributed by atoms with Crippen LogP contribution in [-0.2, 0) is 15.9 Å². The summed E-state index contributed by atoms with van der Waals surface area (Å²) in [6.07, 6.45) is 3.03. The zero-order valence-electron chi connectivity index (χ0n) is 17.0. The number of hydrogen-bond donors (Lipinski definition) is 1. The topological polar surface area (TPSA) is 69.2 Å². The Kier molecular flexibility index (Phi) is 7.64. The van der Waals surface area contributed by atoms with Crippen LogP contribution in [0.15, 0.2) is 53.5 Å². The van der Waals surface area contributed by atoms with Gasteiger partial charge < -0.3 is 14.2 Å². The summed E-state index contributed by atoms with van der Waals surface area (Å²) in [6, 6.07) is 15.5. The van der Waals surface area contributed by atoms with Gasteiger partial charge in [0.2, 0.25) is 0 Å². The minimum atomic E-state index is -0.289. The molecule has 2 aromatic carbocycles. The molecule has 0 radical (unpaired) electrons. The highest BCUT2D eigenvalue weighted by Gasteiger charge is 2.21. The zero-order chi connectivity index (χ0) is 20.5. The van der Waals surface area contributed by atoms with Gasteiger partial charge in [0.25, 0.3) is 11.9 Å². The highest BCUT2D eigenvalue weighted by Crippen LogP contribution is 2.32. The first-order valence-electron chi connectivity index (χ1n) is 10.0. The van der Waals surface area contributed by atoms with Crippen LogP contribution >= 0.6 is 0 Å². The van der Waals surface area contributed by atoms with E-state index in [0.717, 1.165) is 19.3 Å². The van der Waals surface area contributed by atoms with Crippen molar-refractivity contribution in [2.24, 2.45) is 4.99 Å². The number of methoxy groups -OCH3 is 1. The predicted molar refractivity (Wildman–Crippen MR) is 112 cm³/mol. The molecular formula is C23H28N2O4. The Morgan fingerprint density at radius 1 is 1.17 bits per heavy atom. The second-order valence-corrected chi connectivity index (χ2v) is 6.77. The molecule has 1 unspecified atom stereocenters. The molecule has 0 aliphatic heterocycles. The zero-order valence-corrected chi connectivity index (χ0v) is 17.0. The summed E-state index contributed by atoms with van der Waals surface area (Å²) >= 11 is 0. The van der Waals surface area contributed by atoms with Gasteiger partial charge >= 0.3 is 0 Å². The van der Waals surface area contributed by atoms with E-state index in [1.54, 1.807) is 31.4 Å². The van der Waals surface area contributed by atoms with Crippen molar-refractivity contribution in [3.8, 4) is 5.75 Å². The molecule has 0 saturated heterocycles. The molecule has 1 N–H and O–H groups in total. The Hall–Kier alpha value is -2.86. The minimum Gasteiger partial charge on any atom is -0.497 e. The van der Waals surface area contributed by atoms with Gasteiger partial charge in [0.15, 0.2) is 0 Å². The highest BCUT2D eigenvalue weighted by atomic mass is 16.5. The van der Waals surface area contributed by atoms with Gasteiger partial charge in [-0.3, -0.25) is 10.1 Å². The highest BCUT2D eigenvalue weighted by molar-refractivity contribution is 6.04. The molecule has 0 saturated carbocycles. The maximum atomic E-state index is 12.7. The summed E-state index contributed by atoms with van der Waals surface area (Å²) in [7, 11) is 1.57. The van der Waals surface area contributed by atoms with E-state index in [4.69, 9.17) is 19.2 Å². The number of fused-ring (bicyclic) bond motifs is 1. The molecular weight excluding hydrogens is 368 g/mol. The molecule has 0 spiro atoms. The van der Waals surface area contributed by atoms with Crippen molar-refractivity contribution in [3.63, 3.8) is 0 Å². The van der Waals surface area contributed by atoms with Crippen LogP contribution in [-0.4, -0.2) is 38.9 Å².